The lowest BCUT2D eigenvalue weighted by atomic mass is 10.4. The van der Waals surface area contributed by atoms with Gasteiger partial charge in [0, 0.05) is 32.6 Å². The lowest BCUT2D eigenvalue weighted by molar-refractivity contribution is -0.159. The van der Waals surface area contributed by atoms with E-state index in [1.54, 1.807) is 6.07 Å². The molecular formula is C11H13F3N4O3S2. The van der Waals surface area contributed by atoms with Gasteiger partial charge in [0.25, 0.3) is 10.2 Å². The Morgan fingerprint density at radius 2 is 1.91 bits per heavy atom. The minimum absolute atomic E-state index is 0.0785. The molecular weight excluding hydrogens is 357 g/mol. The van der Waals surface area contributed by atoms with Crippen LogP contribution in [-0.4, -0.2) is 48.3 Å². The molecule has 0 aromatic carbocycles. The molecule has 0 N–H and O–H groups in total. The van der Waals surface area contributed by atoms with Crippen molar-refractivity contribution >= 4 is 21.5 Å². The van der Waals surface area contributed by atoms with Gasteiger partial charge >= 0.3 is 12.1 Å². The Labute approximate surface area is 134 Å². The Kier molecular flexibility index (Phi) is 4.80. The normalized spacial score (nSPS) is 13.2. The second-order valence-electron chi connectivity index (χ2n) is 4.73. The average molecular weight is 370 g/mol. The Hall–Kier alpha value is -1.50. The maximum absolute atomic E-state index is 12.4. The molecule has 12 heteroatoms. The monoisotopic (exact) mass is 370 g/mol. The van der Waals surface area contributed by atoms with Crippen molar-refractivity contribution in [3.63, 3.8) is 0 Å². The first kappa shape index (κ1) is 17.8. The summed E-state index contributed by atoms with van der Waals surface area (Å²) in [7, 11) is 0.649. The van der Waals surface area contributed by atoms with E-state index >= 15 is 0 Å². The van der Waals surface area contributed by atoms with Crippen LogP contribution in [-0.2, 0) is 22.9 Å². The smallest absolute Gasteiger partial charge is 0.329 e. The number of nitrogens with zero attached hydrogens (tertiary/aromatic N) is 4. The van der Waals surface area contributed by atoms with E-state index in [1.165, 1.54) is 27.2 Å². The Balaban J connectivity index is 2.17. The molecule has 0 unspecified atom stereocenters. The Bertz CT molecular complexity index is 783. The largest absolute Gasteiger partial charge is 0.471 e. The molecule has 0 saturated carbocycles. The molecule has 0 radical (unpaired) electrons. The highest BCUT2D eigenvalue weighted by molar-refractivity contribution is 7.86. The average Bonchev–Trinajstić information content (AvgIpc) is 3.05. The van der Waals surface area contributed by atoms with Crippen LogP contribution in [0.15, 0.2) is 16.7 Å². The SMILES string of the molecule is CN(C)S(=O)(=O)N(C)Cc1ccc(-c2noc(C(F)(F)F)n2)s1. The van der Waals surface area contributed by atoms with Gasteiger partial charge in [0.15, 0.2) is 0 Å². The minimum atomic E-state index is -4.70. The molecule has 0 fully saturated rings. The molecule has 2 rings (SSSR count). The van der Waals surface area contributed by atoms with Crippen LogP contribution >= 0.6 is 11.3 Å². The van der Waals surface area contributed by atoms with Crippen molar-refractivity contribution in [3.8, 4) is 10.7 Å². The van der Waals surface area contributed by atoms with E-state index in [0.717, 1.165) is 19.9 Å². The lowest BCUT2D eigenvalue weighted by Gasteiger charge is -2.20. The molecule has 0 amide bonds. The highest BCUT2D eigenvalue weighted by atomic mass is 32.2. The quantitative estimate of drug-likeness (QED) is 0.805. The van der Waals surface area contributed by atoms with Gasteiger partial charge in [0.05, 0.1) is 4.88 Å². The lowest BCUT2D eigenvalue weighted by Crippen LogP contribution is -2.36. The van der Waals surface area contributed by atoms with Gasteiger partial charge in [0.2, 0.25) is 5.82 Å². The first-order valence-corrected chi connectivity index (χ1v) is 8.37. The maximum atomic E-state index is 12.4. The molecule has 2 aromatic heterocycles. The van der Waals surface area contributed by atoms with Gasteiger partial charge in [0.1, 0.15) is 0 Å². The third-order valence-corrected chi connectivity index (χ3v) is 5.69. The fourth-order valence-electron chi connectivity index (χ4n) is 1.60. The summed E-state index contributed by atoms with van der Waals surface area (Å²) in [6.45, 7) is 0.0785. The van der Waals surface area contributed by atoms with Gasteiger partial charge in [-0.3, -0.25) is 0 Å². The second-order valence-corrected chi connectivity index (χ2v) is 8.15. The van der Waals surface area contributed by atoms with Crippen molar-refractivity contribution < 1.29 is 26.1 Å². The molecule has 0 spiro atoms. The van der Waals surface area contributed by atoms with Crippen molar-refractivity contribution in [2.75, 3.05) is 21.1 Å². The van der Waals surface area contributed by atoms with Crippen LogP contribution in [0.3, 0.4) is 0 Å². The first-order chi connectivity index (χ1) is 10.5. The van der Waals surface area contributed by atoms with E-state index in [-0.39, 0.29) is 12.4 Å². The molecule has 0 aliphatic carbocycles. The molecule has 2 aromatic rings. The summed E-state index contributed by atoms with van der Waals surface area (Å²) in [6.07, 6.45) is -4.70. The highest BCUT2D eigenvalue weighted by Crippen LogP contribution is 2.32. The van der Waals surface area contributed by atoms with Gasteiger partial charge < -0.3 is 4.52 Å². The number of hydrogen-bond acceptors (Lipinski definition) is 6. The molecule has 0 aliphatic rings. The van der Waals surface area contributed by atoms with Crippen LogP contribution in [0.4, 0.5) is 13.2 Å². The van der Waals surface area contributed by atoms with Crippen LogP contribution in [0.2, 0.25) is 0 Å². The van der Waals surface area contributed by atoms with E-state index in [0.29, 0.717) is 9.75 Å². The highest BCUT2D eigenvalue weighted by Gasteiger charge is 2.38. The summed E-state index contributed by atoms with van der Waals surface area (Å²) in [5, 5.41) is 3.29. The number of rotatable bonds is 5. The van der Waals surface area contributed by atoms with Crippen LogP contribution < -0.4 is 0 Å². The van der Waals surface area contributed by atoms with Gasteiger partial charge in [-0.2, -0.15) is 35.2 Å². The van der Waals surface area contributed by atoms with E-state index in [1.807, 2.05) is 0 Å². The second kappa shape index (κ2) is 6.19. The predicted molar refractivity (Wildman–Crippen MR) is 76.7 cm³/mol. The molecule has 0 saturated heterocycles. The van der Waals surface area contributed by atoms with Crippen LogP contribution in [0, 0.1) is 0 Å². The van der Waals surface area contributed by atoms with Crippen molar-refractivity contribution in [1.82, 2.24) is 18.8 Å². The zero-order chi connectivity index (χ0) is 17.4. The topological polar surface area (TPSA) is 79.5 Å². The van der Waals surface area contributed by atoms with Gasteiger partial charge in [-0.25, -0.2) is 0 Å². The third kappa shape index (κ3) is 3.88. The van der Waals surface area contributed by atoms with Crippen molar-refractivity contribution in [2.24, 2.45) is 0 Å². The summed E-state index contributed by atoms with van der Waals surface area (Å²) < 4.78 is 67.5. The third-order valence-electron chi connectivity index (χ3n) is 2.78. The molecule has 0 atom stereocenters. The van der Waals surface area contributed by atoms with Crippen LogP contribution in [0.25, 0.3) is 10.7 Å². The molecule has 0 aliphatic heterocycles. The van der Waals surface area contributed by atoms with Gasteiger partial charge in [-0.15, -0.1) is 11.3 Å². The zero-order valence-corrected chi connectivity index (χ0v) is 14.0. The number of aromatic nitrogens is 2. The summed E-state index contributed by atoms with van der Waals surface area (Å²) in [6, 6.07) is 3.12. The van der Waals surface area contributed by atoms with Crippen LogP contribution in [0.5, 0.6) is 0 Å². The fraction of sp³-hybridized carbons (Fsp3) is 0.455. The first-order valence-electron chi connectivity index (χ1n) is 6.15. The van der Waals surface area contributed by atoms with E-state index < -0.39 is 22.3 Å². The number of alkyl halides is 3. The molecule has 7 nitrogen and oxygen atoms in total. The van der Waals surface area contributed by atoms with E-state index in [2.05, 4.69) is 14.7 Å². The molecule has 23 heavy (non-hydrogen) atoms. The number of hydrogen-bond donors (Lipinski definition) is 0. The van der Waals surface area contributed by atoms with E-state index in [9.17, 15) is 21.6 Å². The summed E-state index contributed by atoms with van der Waals surface area (Å²) in [5.41, 5.74) is 0. The van der Waals surface area contributed by atoms with Gasteiger partial charge in [-0.05, 0) is 12.1 Å². The summed E-state index contributed by atoms with van der Waals surface area (Å²) >= 11 is 1.09. The Morgan fingerprint density at radius 1 is 1.26 bits per heavy atom. The molecule has 0 bridgehead atoms. The minimum Gasteiger partial charge on any atom is -0.329 e. The summed E-state index contributed by atoms with van der Waals surface area (Å²) in [5.74, 6) is -1.61. The number of halogens is 3. The maximum Gasteiger partial charge on any atom is 0.471 e. The van der Waals surface area contributed by atoms with Crippen molar-refractivity contribution in [2.45, 2.75) is 12.7 Å². The fourth-order valence-corrected chi connectivity index (χ4v) is 3.53. The standard InChI is InChI=1S/C11H13F3N4O3S2/c1-17(2)23(19,20)18(3)6-7-4-5-8(22-7)9-15-10(21-16-9)11(12,13)14/h4-5H,6H2,1-3H3. The zero-order valence-electron chi connectivity index (χ0n) is 12.3. The molecule has 2 heterocycles. The van der Waals surface area contributed by atoms with Crippen molar-refractivity contribution in [1.29, 1.82) is 0 Å². The summed E-state index contributed by atoms with van der Waals surface area (Å²) in [4.78, 5) is 4.28. The predicted octanol–water partition coefficient (Wildman–Crippen LogP) is 2.06. The van der Waals surface area contributed by atoms with E-state index in [4.69, 9.17) is 0 Å². The van der Waals surface area contributed by atoms with Gasteiger partial charge in [-0.1, -0.05) is 5.16 Å². The van der Waals surface area contributed by atoms with Crippen LogP contribution in [0.1, 0.15) is 10.8 Å². The number of thiophene rings is 1. The molecule has 128 valence electrons. The Morgan fingerprint density at radius 3 is 2.43 bits per heavy atom. The van der Waals surface area contributed by atoms with Crippen molar-refractivity contribution in [3.05, 3.63) is 22.9 Å².